The van der Waals surface area contributed by atoms with Crippen LogP contribution >= 0.6 is 0 Å². The van der Waals surface area contributed by atoms with Crippen molar-refractivity contribution in [1.82, 2.24) is 0 Å². The van der Waals surface area contributed by atoms with Gasteiger partial charge < -0.3 is 4.74 Å². The van der Waals surface area contributed by atoms with Gasteiger partial charge in [-0.2, -0.15) is 0 Å². The van der Waals surface area contributed by atoms with Gasteiger partial charge in [0.1, 0.15) is 6.10 Å². The van der Waals surface area contributed by atoms with Gasteiger partial charge >= 0.3 is 5.97 Å². The summed E-state index contributed by atoms with van der Waals surface area (Å²) in [6.07, 6.45) is 4.57. The number of carbonyl (C=O) groups is 1. The van der Waals surface area contributed by atoms with E-state index in [0.717, 1.165) is 40.8 Å². The van der Waals surface area contributed by atoms with Crippen LogP contribution in [0.3, 0.4) is 0 Å². The molecule has 2 nitrogen and oxygen atoms in total. The summed E-state index contributed by atoms with van der Waals surface area (Å²) in [5.74, 6) is 0.269. The lowest BCUT2D eigenvalue weighted by atomic mass is 9.88. The largest absolute Gasteiger partial charge is 0.458 e. The van der Waals surface area contributed by atoms with Crippen LogP contribution in [0.1, 0.15) is 43.0 Å². The van der Waals surface area contributed by atoms with Gasteiger partial charge in [0.15, 0.2) is 0 Å². The van der Waals surface area contributed by atoms with E-state index in [9.17, 15) is 4.79 Å². The predicted octanol–water partition coefficient (Wildman–Crippen LogP) is 5.73. The molecule has 2 heteroatoms. The van der Waals surface area contributed by atoms with E-state index in [1.54, 1.807) is 0 Å². The zero-order chi connectivity index (χ0) is 16.5. The van der Waals surface area contributed by atoms with Crippen molar-refractivity contribution in [2.75, 3.05) is 0 Å². The third kappa shape index (κ3) is 2.66. The van der Waals surface area contributed by atoms with Gasteiger partial charge in [0.2, 0.25) is 0 Å². The first-order valence-electron chi connectivity index (χ1n) is 8.85. The topological polar surface area (TPSA) is 26.3 Å². The molecule has 2 atom stereocenters. The second kappa shape index (κ2) is 6.27. The number of hydrogen-bond donors (Lipinski definition) is 0. The number of hydrogen-bond acceptors (Lipinski definition) is 2. The SMILES string of the molecule is C[C@H]1CCCC[C@@H]1OC(=O)c1c2ccccc2cc2ccccc12. The predicted molar refractivity (Wildman–Crippen MR) is 98.3 cm³/mol. The van der Waals surface area contributed by atoms with Crippen molar-refractivity contribution >= 4 is 27.5 Å². The molecule has 0 bridgehead atoms. The monoisotopic (exact) mass is 318 g/mol. The fraction of sp³-hybridized carbons (Fsp3) is 0.318. The van der Waals surface area contributed by atoms with E-state index in [4.69, 9.17) is 4.74 Å². The Kier molecular flexibility index (Phi) is 3.97. The fourth-order valence-electron chi connectivity index (χ4n) is 3.89. The van der Waals surface area contributed by atoms with Gasteiger partial charge in [-0.3, -0.25) is 0 Å². The molecule has 3 aromatic carbocycles. The van der Waals surface area contributed by atoms with Gasteiger partial charge in [-0.05, 0) is 52.8 Å². The molecule has 1 saturated carbocycles. The van der Waals surface area contributed by atoms with E-state index in [0.29, 0.717) is 11.5 Å². The van der Waals surface area contributed by atoms with Crippen LogP contribution in [0.25, 0.3) is 21.5 Å². The fourth-order valence-corrected chi connectivity index (χ4v) is 3.89. The first-order valence-corrected chi connectivity index (χ1v) is 8.85. The summed E-state index contributed by atoms with van der Waals surface area (Å²) in [5, 5.41) is 4.12. The molecule has 0 aromatic heterocycles. The molecule has 1 aliphatic carbocycles. The Labute approximate surface area is 142 Å². The van der Waals surface area contributed by atoms with Gasteiger partial charge in [-0.15, -0.1) is 0 Å². The Morgan fingerprint density at radius 3 is 2.12 bits per heavy atom. The first-order chi connectivity index (χ1) is 11.7. The summed E-state index contributed by atoms with van der Waals surface area (Å²) in [4.78, 5) is 13.1. The number of carbonyl (C=O) groups excluding carboxylic acids is 1. The van der Waals surface area contributed by atoms with Crippen LogP contribution in [0.4, 0.5) is 0 Å². The number of fused-ring (bicyclic) bond motifs is 2. The lowest BCUT2D eigenvalue weighted by Crippen LogP contribution is -2.28. The zero-order valence-corrected chi connectivity index (χ0v) is 14.0. The summed E-state index contributed by atoms with van der Waals surface area (Å²) in [6, 6.07) is 18.3. The molecular weight excluding hydrogens is 296 g/mol. The summed E-state index contributed by atoms with van der Waals surface area (Å²) in [7, 11) is 0. The standard InChI is InChI=1S/C22H22O2/c1-15-8-2-7-13-20(15)24-22(23)21-18-11-5-3-9-16(18)14-17-10-4-6-12-19(17)21/h3-6,9-12,14-15,20H,2,7-8,13H2,1H3/t15-,20-/m0/s1. The Balaban J connectivity index is 1.82. The second-order valence-electron chi connectivity index (χ2n) is 6.90. The normalized spacial score (nSPS) is 21.0. The van der Waals surface area contributed by atoms with Crippen molar-refractivity contribution < 1.29 is 9.53 Å². The van der Waals surface area contributed by atoms with Gasteiger partial charge in [0.25, 0.3) is 0 Å². The van der Waals surface area contributed by atoms with E-state index in [1.165, 1.54) is 6.42 Å². The molecule has 1 fully saturated rings. The highest BCUT2D eigenvalue weighted by molar-refractivity contribution is 6.16. The van der Waals surface area contributed by atoms with E-state index < -0.39 is 0 Å². The van der Waals surface area contributed by atoms with Crippen molar-refractivity contribution in [3.05, 3.63) is 60.2 Å². The van der Waals surface area contributed by atoms with Gasteiger partial charge in [0.05, 0.1) is 5.56 Å². The van der Waals surface area contributed by atoms with Crippen LogP contribution in [0.2, 0.25) is 0 Å². The summed E-state index contributed by atoms with van der Waals surface area (Å²) in [5.41, 5.74) is 0.710. The number of benzene rings is 3. The van der Waals surface area contributed by atoms with E-state index in [1.807, 2.05) is 36.4 Å². The minimum Gasteiger partial charge on any atom is -0.458 e. The molecule has 0 unspecified atom stereocenters. The molecule has 1 aliphatic rings. The highest BCUT2D eigenvalue weighted by Gasteiger charge is 2.26. The average molecular weight is 318 g/mol. The van der Waals surface area contributed by atoms with Crippen molar-refractivity contribution in [1.29, 1.82) is 0 Å². The molecular formula is C22H22O2. The zero-order valence-electron chi connectivity index (χ0n) is 14.0. The Morgan fingerprint density at radius 1 is 0.917 bits per heavy atom. The summed E-state index contributed by atoms with van der Waals surface area (Å²) < 4.78 is 5.97. The molecule has 122 valence electrons. The van der Waals surface area contributed by atoms with Crippen molar-refractivity contribution in [2.24, 2.45) is 5.92 Å². The second-order valence-corrected chi connectivity index (χ2v) is 6.90. The van der Waals surface area contributed by atoms with Gasteiger partial charge in [-0.1, -0.05) is 61.9 Å². The van der Waals surface area contributed by atoms with Crippen molar-refractivity contribution in [3.8, 4) is 0 Å². The third-order valence-corrected chi connectivity index (χ3v) is 5.27. The van der Waals surface area contributed by atoms with Crippen LogP contribution in [-0.4, -0.2) is 12.1 Å². The summed E-state index contributed by atoms with van der Waals surface area (Å²) in [6.45, 7) is 2.19. The molecule has 0 N–H and O–H groups in total. The Bertz CT molecular complexity index is 843. The number of ether oxygens (including phenoxy) is 1. The molecule has 0 heterocycles. The average Bonchev–Trinajstić information content (AvgIpc) is 2.61. The van der Waals surface area contributed by atoms with Crippen LogP contribution < -0.4 is 0 Å². The molecule has 0 spiro atoms. The highest BCUT2D eigenvalue weighted by atomic mass is 16.5. The maximum absolute atomic E-state index is 13.1. The summed E-state index contributed by atoms with van der Waals surface area (Å²) >= 11 is 0. The van der Waals surface area contributed by atoms with E-state index in [2.05, 4.69) is 25.1 Å². The minimum atomic E-state index is -0.179. The lowest BCUT2D eigenvalue weighted by Gasteiger charge is -2.28. The van der Waals surface area contributed by atoms with E-state index >= 15 is 0 Å². The Hall–Kier alpha value is -2.35. The molecule has 0 radical (unpaired) electrons. The minimum absolute atomic E-state index is 0.0454. The van der Waals surface area contributed by atoms with Gasteiger partial charge in [0, 0.05) is 0 Å². The molecule has 24 heavy (non-hydrogen) atoms. The molecule has 0 amide bonds. The van der Waals surface area contributed by atoms with Crippen molar-refractivity contribution in [3.63, 3.8) is 0 Å². The van der Waals surface area contributed by atoms with Gasteiger partial charge in [-0.25, -0.2) is 4.79 Å². The smallest absolute Gasteiger partial charge is 0.339 e. The number of esters is 1. The highest BCUT2D eigenvalue weighted by Crippen LogP contribution is 2.32. The van der Waals surface area contributed by atoms with E-state index in [-0.39, 0.29) is 12.1 Å². The third-order valence-electron chi connectivity index (χ3n) is 5.27. The maximum Gasteiger partial charge on any atom is 0.339 e. The van der Waals surface area contributed by atoms with Crippen molar-refractivity contribution in [2.45, 2.75) is 38.7 Å². The molecule has 3 aromatic rings. The van der Waals surface area contributed by atoms with Crippen LogP contribution in [0.5, 0.6) is 0 Å². The maximum atomic E-state index is 13.1. The molecule has 0 saturated heterocycles. The quantitative estimate of drug-likeness (QED) is 0.445. The molecule has 4 rings (SSSR count). The van der Waals surface area contributed by atoms with Crippen LogP contribution in [0, 0.1) is 5.92 Å². The Morgan fingerprint density at radius 2 is 1.50 bits per heavy atom. The number of rotatable bonds is 2. The molecule has 0 aliphatic heterocycles. The van der Waals surface area contributed by atoms with Crippen LogP contribution in [-0.2, 0) is 4.74 Å². The first kappa shape index (κ1) is 15.2. The lowest BCUT2D eigenvalue weighted by molar-refractivity contribution is 0.00523. The van der Waals surface area contributed by atoms with Crippen LogP contribution in [0.15, 0.2) is 54.6 Å².